The molecule has 4 nitrogen and oxygen atoms in total. The van der Waals surface area contributed by atoms with Crippen LogP contribution in [-0.2, 0) is 5.41 Å². The third-order valence-corrected chi connectivity index (χ3v) is 10.5. The Morgan fingerprint density at radius 2 is 0.923 bits per heavy atom. The van der Waals surface area contributed by atoms with Crippen molar-refractivity contribution >= 4 is 21.9 Å². The summed E-state index contributed by atoms with van der Waals surface area (Å²) in [5.74, 6) is 1.92. The molecule has 0 aliphatic heterocycles. The third kappa shape index (κ3) is 4.87. The van der Waals surface area contributed by atoms with E-state index in [2.05, 4.69) is 135 Å². The lowest BCUT2D eigenvalue weighted by atomic mass is 9.81. The van der Waals surface area contributed by atoms with E-state index in [1.165, 1.54) is 33.2 Å². The smallest absolute Gasteiger partial charge is 0.164 e. The first-order valence-electron chi connectivity index (χ1n) is 17.7. The van der Waals surface area contributed by atoms with Gasteiger partial charge in [0, 0.05) is 38.4 Å². The van der Waals surface area contributed by atoms with Gasteiger partial charge in [0.1, 0.15) is 11.2 Å². The topological polar surface area (TPSA) is 51.8 Å². The molecule has 9 aromatic rings. The highest BCUT2D eigenvalue weighted by Gasteiger charge is 2.38. The van der Waals surface area contributed by atoms with Gasteiger partial charge in [-0.1, -0.05) is 153 Å². The van der Waals surface area contributed by atoms with Gasteiger partial charge in [-0.25, -0.2) is 15.0 Å². The zero-order chi connectivity index (χ0) is 34.8. The van der Waals surface area contributed by atoms with E-state index in [-0.39, 0.29) is 5.41 Å². The monoisotopic (exact) mass is 667 g/mol. The van der Waals surface area contributed by atoms with Crippen LogP contribution in [0.3, 0.4) is 0 Å². The maximum atomic E-state index is 6.53. The van der Waals surface area contributed by atoms with Crippen LogP contribution in [0.5, 0.6) is 0 Å². The van der Waals surface area contributed by atoms with Crippen LogP contribution in [0.15, 0.2) is 168 Å². The molecule has 1 aliphatic carbocycles. The number of hydrogen-bond donors (Lipinski definition) is 0. The Balaban J connectivity index is 1.05. The molecule has 0 atom stereocenters. The van der Waals surface area contributed by atoms with Crippen LogP contribution in [0.4, 0.5) is 0 Å². The third-order valence-electron chi connectivity index (χ3n) is 10.5. The zero-order valence-electron chi connectivity index (χ0n) is 28.8. The highest BCUT2D eigenvalue weighted by atomic mass is 16.3. The first-order valence-corrected chi connectivity index (χ1v) is 17.7. The second-order valence-corrected chi connectivity index (χ2v) is 14.0. The van der Waals surface area contributed by atoms with Crippen molar-refractivity contribution in [2.45, 2.75) is 19.3 Å². The summed E-state index contributed by atoms with van der Waals surface area (Å²) in [5.41, 5.74) is 14.1. The summed E-state index contributed by atoms with van der Waals surface area (Å²) in [6.07, 6.45) is 0. The maximum absolute atomic E-state index is 6.53. The average molecular weight is 668 g/mol. The fraction of sp³-hybridized carbons (Fsp3) is 0.0625. The SMILES string of the molecule is CC1(C)c2cc(-c3cccc(-c4nc(-c5ccccc5)nc(-c5ccc(-c6ccccc6)cc5)n4)c3)ccc2-c2ccc3c(oc4ccccc43)c21. The van der Waals surface area contributed by atoms with Gasteiger partial charge in [-0.3, -0.25) is 0 Å². The van der Waals surface area contributed by atoms with Crippen molar-refractivity contribution in [1.29, 1.82) is 0 Å². The van der Waals surface area contributed by atoms with E-state index in [1.807, 2.05) is 42.5 Å². The number of hydrogen-bond acceptors (Lipinski definition) is 4. The molecule has 52 heavy (non-hydrogen) atoms. The molecule has 0 saturated carbocycles. The van der Waals surface area contributed by atoms with Gasteiger partial charge >= 0.3 is 0 Å². The molecule has 246 valence electrons. The minimum absolute atomic E-state index is 0.241. The van der Waals surface area contributed by atoms with Crippen LogP contribution in [0, 0.1) is 0 Å². The van der Waals surface area contributed by atoms with Gasteiger partial charge in [-0.15, -0.1) is 0 Å². The molecule has 0 spiro atoms. The number of benzene rings is 7. The lowest BCUT2D eigenvalue weighted by Gasteiger charge is -2.22. The maximum Gasteiger partial charge on any atom is 0.164 e. The molecular weight excluding hydrogens is 635 g/mol. The number of furan rings is 1. The highest BCUT2D eigenvalue weighted by molar-refractivity contribution is 6.09. The van der Waals surface area contributed by atoms with Crippen LogP contribution >= 0.6 is 0 Å². The van der Waals surface area contributed by atoms with Crippen molar-refractivity contribution in [3.05, 3.63) is 175 Å². The van der Waals surface area contributed by atoms with Gasteiger partial charge < -0.3 is 4.42 Å². The van der Waals surface area contributed by atoms with Crippen LogP contribution in [0.2, 0.25) is 0 Å². The van der Waals surface area contributed by atoms with E-state index < -0.39 is 0 Å². The largest absolute Gasteiger partial charge is 0.456 e. The molecule has 2 aromatic heterocycles. The Kier molecular flexibility index (Phi) is 6.80. The minimum Gasteiger partial charge on any atom is -0.456 e. The quantitative estimate of drug-likeness (QED) is 0.183. The summed E-state index contributed by atoms with van der Waals surface area (Å²) in [5, 5.41) is 2.33. The second kappa shape index (κ2) is 11.7. The van der Waals surface area contributed by atoms with Crippen LogP contribution in [0.25, 0.3) is 89.5 Å². The predicted octanol–water partition coefficient (Wildman–Crippen LogP) is 12.4. The van der Waals surface area contributed by atoms with Crippen molar-refractivity contribution in [2.75, 3.05) is 0 Å². The number of aromatic nitrogens is 3. The second-order valence-electron chi connectivity index (χ2n) is 14.0. The number of fused-ring (bicyclic) bond motifs is 7. The zero-order valence-corrected chi connectivity index (χ0v) is 28.8. The molecule has 0 N–H and O–H groups in total. The first-order chi connectivity index (χ1) is 25.5. The van der Waals surface area contributed by atoms with Gasteiger partial charge in [-0.05, 0) is 63.2 Å². The Morgan fingerprint density at radius 1 is 0.404 bits per heavy atom. The summed E-state index contributed by atoms with van der Waals surface area (Å²) >= 11 is 0. The Morgan fingerprint density at radius 3 is 1.67 bits per heavy atom. The summed E-state index contributed by atoms with van der Waals surface area (Å²) in [6, 6.07) is 57.2. The van der Waals surface area contributed by atoms with Crippen LogP contribution in [-0.4, -0.2) is 15.0 Å². The molecule has 0 unspecified atom stereocenters. The Hall–Kier alpha value is -6.65. The van der Waals surface area contributed by atoms with Crippen molar-refractivity contribution in [1.82, 2.24) is 15.0 Å². The van der Waals surface area contributed by atoms with E-state index in [0.29, 0.717) is 17.5 Å². The summed E-state index contributed by atoms with van der Waals surface area (Å²) in [6.45, 7) is 4.63. The summed E-state index contributed by atoms with van der Waals surface area (Å²) in [7, 11) is 0. The fourth-order valence-electron chi connectivity index (χ4n) is 7.87. The van der Waals surface area contributed by atoms with E-state index in [0.717, 1.165) is 49.9 Å². The van der Waals surface area contributed by atoms with Gasteiger partial charge in [0.05, 0.1) is 0 Å². The molecule has 2 heterocycles. The first kappa shape index (κ1) is 30.2. The average Bonchev–Trinajstić information content (AvgIpc) is 3.70. The van der Waals surface area contributed by atoms with Crippen molar-refractivity contribution < 1.29 is 4.42 Å². The van der Waals surface area contributed by atoms with Gasteiger partial charge in [0.25, 0.3) is 0 Å². The van der Waals surface area contributed by atoms with Crippen LogP contribution < -0.4 is 0 Å². The number of nitrogens with zero attached hydrogens (tertiary/aromatic N) is 3. The van der Waals surface area contributed by atoms with Gasteiger partial charge in [-0.2, -0.15) is 0 Å². The lowest BCUT2D eigenvalue weighted by molar-refractivity contribution is 0.620. The normalized spacial score (nSPS) is 13.0. The van der Waals surface area contributed by atoms with Crippen molar-refractivity contribution in [3.63, 3.8) is 0 Å². The number of para-hydroxylation sites is 1. The molecule has 0 bridgehead atoms. The molecule has 0 fully saturated rings. The minimum atomic E-state index is -0.241. The number of rotatable bonds is 5. The van der Waals surface area contributed by atoms with E-state index >= 15 is 0 Å². The molecule has 7 aromatic carbocycles. The van der Waals surface area contributed by atoms with E-state index in [1.54, 1.807) is 0 Å². The Labute approximate surface area is 302 Å². The van der Waals surface area contributed by atoms with Gasteiger partial charge in [0.2, 0.25) is 0 Å². The molecule has 4 heteroatoms. The summed E-state index contributed by atoms with van der Waals surface area (Å²) < 4.78 is 6.53. The molecule has 0 amide bonds. The highest BCUT2D eigenvalue weighted by Crippen LogP contribution is 2.53. The molecule has 10 rings (SSSR count). The predicted molar refractivity (Wildman–Crippen MR) is 212 cm³/mol. The van der Waals surface area contributed by atoms with E-state index in [4.69, 9.17) is 19.4 Å². The van der Waals surface area contributed by atoms with Gasteiger partial charge in [0.15, 0.2) is 17.5 Å². The lowest BCUT2D eigenvalue weighted by Crippen LogP contribution is -2.15. The van der Waals surface area contributed by atoms with Crippen LogP contribution in [0.1, 0.15) is 25.0 Å². The molecule has 1 aliphatic rings. The molecule has 0 radical (unpaired) electrons. The molecule has 0 saturated heterocycles. The Bertz CT molecular complexity index is 2800. The standard InChI is InChI=1S/C48H33N3O/c1-48(2)41-29-35(24-25-37(41)39-26-27-40-38-18-9-10-19-42(38)52-44(40)43(39)48)34-16-11-17-36(28-34)47-50-45(32-14-7-4-8-15-32)49-46(51-47)33-22-20-31(21-23-33)30-12-5-3-6-13-30/h3-29H,1-2H3. The molecular formula is C48H33N3O. The van der Waals surface area contributed by atoms with E-state index in [9.17, 15) is 0 Å². The fourth-order valence-corrected chi connectivity index (χ4v) is 7.87. The summed E-state index contributed by atoms with van der Waals surface area (Å²) in [4.78, 5) is 15.0. The van der Waals surface area contributed by atoms with Crippen molar-refractivity contribution in [2.24, 2.45) is 0 Å². The van der Waals surface area contributed by atoms with Crippen molar-refractivity contribution in [3.8, 4) is 67.5 Å².